The summed E-state index contributed by atoms with van der Waals surface area (Å²) in [5, 5.41) is 5.07. The fourth-order valence-corrected chi connectivity index (χ4v) is 2.90. The largest absolute Gasteiger partial charge is 0.491 e. The quantitative estimate of drug-likeness (QED) is 0.632. The van der Waals surface area contributed by atoms with Crippen LogP contribution < -0.4 is 14.8 Å². The molecule has 3 rings (SSSR count). The fraction of sp³-hybridized carbons (Fsp3) is 0.261. The van der Waals surface area contributed by atoms with Crippen molar-refractivity contribution in [1.82, 2.24) is 5.32 Å². The standard InChI is InChI=1S/C23H25NO3/c1-16-8-6-12-21(17(16)2)27-18(3)23(25)24-14-15-26-22-13-7-10-19-9-4-5-11-20(19)22/h4-13,18H,14-15H2,1-3H3,(H,24,25)/t18-/m1/s1. The van der Waals surface area contributed by atoms with Crippen molar-refractivity contribution >= 4 is 16.7 Å². The number of hydrogen-bond donors (Lipinski definition) is 1. The maximum atomic E-state index is 12.3. The lowest BCUT2D eigenvalue weighted by Gasteiger charge is -2.17. The van der Waals surface area contributed by atoms with Gasteiger partial charge in [-0.05, 0) is 49.4 Å². The van der Waals surface area contributed by atoms with Crippen LogP contribution in [-0.2, 0) is 4.79 Å². The number of rotatable bonds is 7. The van der Waals surface area contributed by atoms with Gasteiger partial charge in [-0.25, -0.2) is 0 Å². The highest BCUT2D eigenvalue weighted by Crippen LogP contribution is 2.25. The first-order chi connectivity index (χ1) is 13.1. The Bertz CT molecular complexity index is 931. The molecule has 3 aromatic rings. The van der Waals surface area contributed by atoms with Crippen LogP contribution in [-0.4, -0.2) is 25.2 Å². The summed E-state index contributed by atoms with van der Waals surface area (Å²) in [6.07, 6.45) is -0.567. The van der Waals surface area contributed by atoms with Gasteiger partial charge < -0.3 is 14.8 Å². The lowest BCUT2D eigenvalue weighted by molar-refractivity contribution is -0.127. The van der Waals surface area contributed by atoms with Gasteiger partial charge in [-0.3, -0.25) is 4.79 Å². The highest BCUT2D eigenvalue weighted by molar-refractivity contribution is 5.88. The van der Waals surface area contributed by atoms with Crippen LogP contribution in [0.3, 0.4) is 0 Å². The number of amides is 1. The number of fused-ring (bicyclic) bond motifs is 1. The van der Waals surface area contributed by atoms with Crippen LogP contribution in [0.4, 0.5) is 0 Å². The lowest BCUT2D eigenvalue weighted by atomic mass is 10.1. The smallest absolute Gasteiger partial charge is 0.260 e. The molecule has 140 valence electrons. The van der Waals surface area contributed by atoms with Crippen LogP contribution in [0.5, 0.6) is 11.5 Å². The van der Waals surface area contributed by atoms with Crippen molar-refractivity contribution in [3.05, 3.63) is 71.8 Å². The number of carbonyl (C=O) groups excluding carboxylic acids is 1. The number of nitrogens with one attached hydrogen (secondary N) is 1. The second-order valence-corrected chi connectivity index (χ2v) is 6.57. The molecule has 1 amide bonds. The van der Waals surface area contributed by atoms with E-state index in [1.54, 1.807) is 6.92 Å². The van der Waals surface area contributed by atoms with Crippen LogP contribution in [0.2, 0.25) is 0 Å². The topological polar surface area (TPSA) is 47.6 Å². The zero-order valence-electron chi connectivity index (χ0n) is 16.0. The maximum Gasteiger partial charge on any atom is 0.260 e. The van der Waals surface area contributed by atoms with E-state index in [4.69, 9.17) is 9.47 Å². The Hall–Kier alpha value is -3.01. The van der Waals surface area contributed by atoms with E-state index in [1.807, 2.05) is 62.4 Å². The summed E-state index contributed by atoms with van der Waals surface area (Å²) < 4.78 is 11.7. The summed E-state index contributed by atoms with van der Waals surface area (Å²) in [5.74, 6) is 1.41. The minimum atomic E-state index is -0.567. The molecule has 0 aliphatic rings. The molecule has 27 heavy (non-hydrogen) atoms. The number of aryl methyl sites for hydroxylation is 1. The molecule has 0 fully saturated rings. The van der Waals surface area contributed by atoms with Crippen molar-refractivity contribution < 1.29 is 14.3 Å². The Kier molecular flexibility index (Phi) is 5.97. The molecule has 0 heterocycles. The summed E-state index contributed by atoms with van der Waals surface area (Å²) >= 11 is 0. The van der Waals surface area contributed by atoms with Gasteiger partial charge in [0.05, 0.1) is 6.54 Å². The van der Waals surface area contributed by atoms with E-state index in [1.165, 1.54) is 0 Å². The molecular weight excluding hydrogens is 338 g/mol. The molecule has 1 atom stereocenters. The van der Waals surface area contributed by atoms with Crippen LogP contribution in [0.1, 0.15) is 18.1 Å². The van der Waals surface area contributed by atoms with Gasteiger partial charge in [0.1, 0.15) is 18.1 Å². The van der Waals surface area contributed by atoms with Crippen molar-refractivity contribution in [2.75, 3.05) is 13.2 Å². The van der Waals surface area contributed by atoms with Gasteiger partial charge in [0.25, 0.3) is 5.91 Å². The van der Waals surface area contributed by atoms with Crippen LogP contribution in [0.25, 0.3) is 10.8 Å². The molecule has 0 spiro atoms. The van der Waals surface area contributed by atoms with Gasteiger partial charge in [-0.15, -0.1) is 0 Å². The average Bonchev–Trinajstić information content (AvgIpc) is 2.68. The predicted octanol–water partition coefficient (Wildman–Crippen LogP) is 4.42. The van der Waals surface area contributed by atoms with Gasteiger partial charge in [-0.1, -0.05) is 48.5 Å². The number of ether oxygens (including phenoxy) is 2. The van der Waals surface area contributed by atoms with Crippen LogP contribution in [0.15, 0.2) is 60.7 Å². The molecule has 0 aliphatic carbocycles. The van der Waals surface area contributed by atoms with Crippen molar-refractivity contribution in [3.8, 4) is 11.5 Å². The third kappa shape index (κ3) is 4.59. The number of benzene rings is 3. The fourth-order valence-electron chi connectivity index (χ4n) is 2.90. The van der Waals surface area contributed by atoms with E-state index >= 15 is 0 Å². The van der Waals surface area contributed by atoms with E-state index < -0.39 is 6.10 Å². The molecule has 0 saturated carbocycles. The normalized spacial score (nSPS) is 11.8. The molecule has 4 nitrogen and oxygen atoms in total. The molecule has 1 N–H and O–H groups in total. The molecule has 0 saturated heterocycles. The molecule has 0 aromatic heterocycles. The minimum absolute atomic E-state index is 0.155. The highest BCUT2D eigenvalue weighted by Gasteiger charge is 2.15. The SMILES string of the molecule is Cc1cccc(O[C@H](C)C(=O)NCCOc2cccc3ccccc23)c1C. The van der Waals surface area contributed by atoms with E-state index in [0.29, 0.717) is 13.2 Å². The Morgan fingerprint density at radius 3 is 2.52 bits per heavy atom. The van der Waals surface area contributed by atoms with E-state index in [2.05, 4.69) is 17.4 Å². The van der Waals surface area contributed by atoms with Gasteiger partial charge in [0.15, 0.2) is 6.10 Å². The van der Waals surface area contributed by atoms with Crippen LogP contribution in [0, 0.1) is 13.8 Å². The lowest BCUT2D eigenvalue weighted by Crippen LogP contribution is -2.38. The third-order valence-corrected chi connectivity index (χ3v) is 4.64. The predicted molar refractivity (Wildman–Crippen MR) is 108 cm³/mol. The monoisotopic (exact) mass is 363 g/mol. The van der Waals surface area contributed by atoms with Crippen molar-refractivity contribution in [2.24, 2.45) is 0 Å². The van der Waals surface area contributed by atoms with E-state index in [-0.39, 0.29) is 5.91 Å². The highest BCUT2D eigenvalue weighted by atomic mass is 16.5. The average molecular weight is 363 g/mol. The Balaban J connectivity index is 1.50. The molecule has 0 aliphatic heterocycles. The molecular formula is C23H25NO3. The van der Waals surface area contributed by atoms with Crippen molar-refractivity contribution in [1.29, 1.82) is 0 Å². The first kappa shape index (κ1) is 18.8. The minimum Gasteiger partial charge on any atom is -0.491 e. The summed E-state index contributed by atoms with van der Waals surface area (Å²) in [4.78, 5) is 12.3. The molecule has 0 radical (unpaired) electrons. The number of hydrogen-bond acceptors (Lipinski definition) is 3. The van der Waals surface area contributed by atoms with Gasteiger partial charge in [0, 0.05) is 5.39 Å². The molecule has 0 unspecified atom stereocenters. The van der Waals surface area contributed by atoms with E-state index in [0.717, 1.165) is 33.4 Å². The summed E-state index contributed by atoms with van der Waals surface area (Å²) in [7, 11) is 0. The first-order valence-corrected chi connectivity index (χ1v) is 9.17. The first-order valence-electron chi connectivity index (χ1n) is 9.17. The van der Waals surface area contributed by atoms with Gasteiger partial charge in [-0.2, -0.15) is 0 Å². The molecule has 4 heteroatoms. The Morgan fingerprint density at radius 1 is 0.963 bits per heavy atom. The number of carbonyl (C=O) groups is 1. The summed E-state index contributed by atoms with van der Waals surface area (Å²) in [6, 6.07) is 19.9. The van der Waals surface area contributed by atoms with Crippen molar-refractivity contribution in [3.63, 3.8) is 0 Å². The second kappa shape index (κ2) is 8.58. The van der Waals surface area contributed by atoms with Crippen LogP contribution >= 0.6 is 0 Å². The van der Waals surface area contributed by atoms with Gasteiger partial charge in [0.2, 0.25) is 0 Å². The summed E-state index contributed by atoms with van der Waals surface area (Å²) in [6.45, 7) is 6.59. The third-order valence-electron chi connectivity index (χ3n) is 4.64. The zero-order chi connectivity index (χ0) is 19.2. The Morgan fingerprint density at radius 2 is 1.67 bits per heavy atom. The molecule has 3 aromatic carbocycles. The zero-order valence-corrected chi connectivity index (χ0v) is 16.0. The maximum absolute atomic E-state index is 12.3. The second-order valence-electron chi connectivity index (χ2n) is 6.57. The van der Waals surface area contributed by atoms with Gasteiger partial charge >= 0.3 is 0 Å². The summed E-state index contributed by atoms with van der Waals surface area (Å²) in [5.41, 5.74) is 2.19. The molecule has 0 bridgehead atoms. The van der Waals surface area contributed by atoms with E-state index in [9.17, 15) is 4.79 Å². The van der Waals surface area contributed by atoms with Crippen molar-refractivity contribution in [2.45, 2.75) is 26.9 Å². The Labute approximate surface area is 160 Å².